The molecule has 0 radical (unpaired) electrons. The average Bonchev–Trinajstić information content (AvgIpc) is 2.18. The maximum atomic E-state index is 13.3. The molecule has 0 bridgehead atoms. The highest BCUT2D eigenvalue weighted by molar-refractivity contribution is 5.18. The van der Waals surface area contributed by atoms with Crippen molar-refractivity contribution in [1.82, 2.24) is 5.32 Å². The molecule has 0 spiro atoms. The first-order valence-electron chi connectivity index (χ1n) is 5.82. The van der Waals surface area contributed by atoms with Crippen molar-refractivity contribution in [2.75, 3.05) is 13.1 Å². The molecule has 0 aromatic heterocycles. The zero-order valence-electron chi connectivity index (χ0n) is 10.4. The zero-order chi connectivity index (χ0) is 12.9. The van der Waals surface area contributed by atoms with Gasteiger partial charge in [0.2, 0.25) is 0 Å². The fraction of sp³-hybridized carbons (Fsp3) is 0.538. The number of rotatable bonds is 6. The van der Waals surface area contributed by atoms with Crippen LogP contribution in [0.5, 0.6) is 0 Å². The summed E-state index contributed by atoms with van der Waals surface area (Å²) in [7, 11) is 0. The molecule has 4 heteroatoms. The molecular weight excluding hydrogens is 222 g/mol. The molecule has 0 fully saturated rings. The molecule has 0 aliphatic carbocycles. The summed E-state index contributed by atoms with van der Waals surface area (Å²) in [4.78, 5) is 0. The molecular formula is C13H20F2N2. The second-order valence-electron chi connectivity index (χ2n) is 4.97. The Labute approximate surface area is 101 Å². The lowest BCUT2D eigenvalue weighted by atomic mass is 10.0. The lowest BCUT2D eigenvalue weighted by molar-refractivity contribution is 0.455. The number of benzene rings is 1. The number of hydrogen-bond acceptors (Lipinski definition) is 2. The number of nitrogens with one attached hydrogen (secondary N) is 1. The van der Waals surface area contributed by atoms with Crippen LogP contribution in [0, 0.1) is 11.6 Å². The molecule has 0 aliphatic heterocycles. The summed E-state index contributed by atoms with van der Waals surface area (Å²) >= 11 is 0. The van der Waals surface area contributed by atoms with Crippen molar-refractivity contribution in [3.63, 3.8) is 0 Å². The van der Waals surface area contributed by atoms with Crippen molar-refractivity contribution >= 4 is 0 Å². The maximum Gasteiger partial charge on any atom is 0.129 e. The standard InChI is InChI=1S/C13H20F2N2/c1-13(2,16)6-8-17-7-5-10-3-4-11(14)9-12(10)15/h3-4,9,17H,5-8,16H2,1-2H3. The summed E-state index contributed by atoms with van der Waals surface area (Å²) in [6, 6.07) is 3.68. The van der Waals surface area contributed by atoms with Gasteiger partial charge in [-0.3, -0.25) is 0 Å². The van der Waals surface area contributed by atoms with Crippen molar-refractivity contribution in [2.45, 2.75) is 32.2 Å². The van der Waals surface area contributed by atoms with Crippen molar-refractivity contribution in [2.24, 2.45) is 5.73 Å². The van der Waals surface area contributed by atoms with Crippen molar-refractivity contribution in [3.05, 3.63) is 35.4 Å². The van der Waals surface area contributed by atoms with Gasteiger partial charge in [0.1, 0.15) is 11.6 Å². The SMILES string of the molecule is CC(C)(N)CCNCCc1ccc(F)cc1F. The van der Waals surface area contributed by atoms with Gasteiger partial charge in [0, 0.05) is 11.6 Å². The summed E-state index contributed by atoms with van der Waals surface area (Å²) in [5, 5.41) is 3.19. The molecule has 1 rings (SSSR count). The quantitative estimate of drug-likeness (QED) is 0.751. The predicted octanol–water partition coefficient (Wildman–Crippen LogP) is 2.22. The lowest BCUT2D eigenvalue weighted by Gasteiger charge is -2.18. The van der Waals surface area contributed by atoms with E-state index in [1.54, 1.807) is 0 Å². The van der Waals surface area contributed by atoms with Gasteiger partial charge in [-0.1, -0.05) is 6.07 Å². The molecule has 0 saturated carbocycles. The van der Waals surface area contributed by atoms with E-state index in [2.05, 4.69) is 5.32 Å². The molecule has 3 N–H and O–H groups in total. The fourth-order valence-corrected chi connectivity index (χ4v) is 1.48. The highest BCUT2D eigenvalue weighted by Gasteiger charge is 2.09. The summed E-state index contributed by atoms with van der Waals surface area (Å²) in [5.74, 6) is -1.02. The van der Waals surface area contributed by atoms with Gasteiger partial charge in [-0.15, -0.1) is 0 Å². The third-order valence-corrected chi connectivity index (χ3v) is 2.53. The minimum absolute atomic E-state index is 0.186. The fourth-order valence-electron chi connectivity index (χ4n) is 1.48. The normalized spacial score (nSPS) is 11.8. The van der Waals surface area contributed by atoms with Crippen LogP contribution in [0.1, 0.15) is 25.8 Å². The van der Waals surface area contributed by atoms with Crippen LogP contribution in [0.2, 0.25) is 0 Å². The summed E-state index contributed by atoms with van der Waals surface area (Å²) in [6.45, 7) is 5.40. The van der Waals surface area contributed by atoms with Crippen LogP contribution in [0.4, 0.5) is 8.78 Å². The summed E-state index contributed by atoms with van der Waals surface area (Å²) < 4.78 is 25.9. The predicted molar refractivity (Wildman–Crippen MR) is 65.8 cm³/mol. The van der Waals surface area contributed by atoms with Crippen LogP contribution in [0.15, 0.2) is 18.2 Å². The van der Waals surface area contributed by atoms with Crippen molar-refractivity contribution in [1.29, 1.82) is 0 Å². The van der Waals surface area contributed by atoms with Gasteiger partial charge in [0.25, 0.3) is 0 Å². The van der Waals surface area contributed by atoms with E-state index in [9.17, 15) is 8.78 Å². The summed E-state index contributed by atoms with van der Waals surface area (Å²) in [6.07, 6.45) is 1.41. The summed E-state index contributed by atoms with van der Waals surface area (Å²) in [5.41, 5.74) is 6.17. The number of hydrogen-bond donors (Lipinski definition) is 2. The van der Waals surface area contributed by atoms with Gasteiger partial charge < -0.3 is 11.1 Å². The molecule has 17 heavy (non-hydrogen) atoms. The molecule has 0 aliphatic rings. The van der Waals surface area contributed by atoms with Gasteiger partial charge in [-0.2, -0.15) is 0 Å². The van der Waals surface area contributed by atoms with E-state index in [4.69, 9.17) is 5.73 Å². The highest BCUT2D eigenvalue weighted by Crippen LogP contribution is 2.09. The van der Waals surface area contributed by atoms with E-state index in [0.717, 1.165) is 19.0 Å². The lowest BCUT2D eigenvalue weighted by Crippen LogP contribution is -2.36. The maximum absolute atomic E-state index is 13.3. The van der Waals surface area contributed by atoms with E-state index in [1.165, 1.54) is 12.1 Å². The zero-order valence-corrected chi connectivity index (χ0v) is 10.4. The third-order valence-electron chi connectivity index (χ3n) is 2.53. The van der Waals surface area contributed by atoms with Crippen LogP contribution in [0.25, 0.3) is 0 Å². The van der Waals surface area contributed by atoms with Crippen molar-refractivity contribution < 1.29 is 8.78 Å². The molecule has 96 valence electrons. The molecule has 0 unspecified atom stereocenters. The first-order valence-corrected chi connectivity index (χ1v) is 5.82. The average molecular weight is 242 g/mol. The first-order chi connectivity index (χ1) is 7.88. The second kappa shape index (κ2) is 6.07. The monoisotopic (exact) mass is 242 g/mol. The van der Waals surface area contributed by atoms with Gasteiger partial charge in [0.15, 0.2) is 0 Å². The van der Waals surface area contributed by atoms with E-state index < -0.39 is 11.6 Å². The second-order valence-corrected chi connectivity index (χ2v) is 4.97. The van der Waals surface area contributed by atoms with Crippen LogP contribution < -0.4 is 11.1 Å². The van der Waals surface area contributed by atoms with E-state index >= 15 is 0 Å². The van der Waals surface area contributed by atoms with Gasteiger partial charge in [0.05, 0.1) is 0 Å². The Morgan fingerprint density at radius 1 is 1.24 bits per heavy atom. The van der Waals surface area contributed by atoms with E-state index in [-0.39, 0.29) is 5.54 Å². The van der Waals surface area contributed by atoms with Crippen LogP contribution in [-0.2, 0) is 6.42 Å². The van der Waals surface area contributed by atoms with Crippen LogP contribution in [-0.4, -0.2) is 18.6 Å². The highest BCUT2D eigenvalue weighted by atomic mass is 19.1. The smallest absolute Gasteiger partial charge is 0.129 e. The minimum atomic E-state index is -0.538. The Balaban J connectivity index is 2.27. The van der Waals surface area contributed by atoms with Gasteiger partial charge in [-0.25, -0.2) is 8.78 Å². The molecule has 0 atom stereocenters. The number of halogens is 2. The Bertz CT molecular complexity index is 359. The Morgan fingerprint density at radius 2 is 1.94 bits per heavy atom. The molecule has 1 aromatic carbocycles. The van der Waals surface area contributed by atoms with E-state index in [1.807, 2.05) is 13.8 Å². The largest absolute Gasteiger partial charge is 0.326 e. The Kier molecular flexibility index (Phi) is 5.02. The topological polar surface area (TPSA) is 38.0 Å². The first kappa shape index (κ1) is 14.1. The molecule has 0 amide bonds. The van der Waals surface area contributed by atoms with Crippen LogP contribution >= 0.6 is 0 Å². The molecule has 2 nitrogen and oxygen atoms in total. The van der Waals surface area contributed by atoms with Gasteiger partial charge in [-0.05, 0) is 51.4 Å². The molecule has 0 heterocycles. The van der Waals surface area contributed by atoms with Gasteiger partial charge >= 0.3 is 0 Å². The molecule has 1 aromatic rings. The Morgan fingerprint density at radius 3 is 2.53 bits per heavy atom. The van der Waals surface area contributed by atoms with Crippen molar-refractivity contribution in [3.8, 4) is 0 Å². The Hall–Kier alpha value is -1.00. The van der Waals surface area contributed by atoms with E-state index in [0.29, 0.717) is 18.5 Å². The number of nitrogens with two attached hydrogens (primary N) is 1. The third kappa shape index (κ3) is 5.75. The van der Waals surface area contributed by atoms with Crippen LogP contribution in [0.3, 0.4) is 0 Å². The minimum Gasteiger partial charge on any atom is -0.326 e. The molecule has 0 saturated heterocycles.